The Balaban J connectivity index is 2.00. The highest BCUT2D eigenvalue weighted by Gasteiger charge is 2.15. The third kappa shape index (κ3) is 3.16. The van der Waals surface area contributed by atoms with Crippen LogP contribution in [0.2, 0.25) is 0 Å². The van der Waals surface area contributed by atoms with Crippen LogP contribution in [0.3, 0.4) is 0 Å². The molecule has 1 atom stereocenters. The number of nitrogens with one attached hydrogen (secondary N) is 1. The van der Waals surface area contributed by atoms with Gasteiger partial charge in [0.05, 0.1) is 0 Å². The molecular weight excluding hydrogens is 226 g/mol. The molecule has 1 heterocycles. The second-order valence-corrected chi connectivity index (χ2v) is 4.72. The van der Waals surface area contributed by atoms with E-state index in [0.29, 0.717) is 19.3 Å². The summed E-state index contributed by atoms with van der Waals surface area (Å²) in [4.78, 5) is 0. The molecule has 3 nitrogen and oxygen atoms in total. The molecule has 0 fully saturated rings. The van der Waals surface area contributed by atoms with E-state index in [2.05, 4.69) is 25.2 Å². The third-order valence-corrected chi connectivity index (χ3v) is 3.36. The molecule has 1 aromatic carbocycles. The van der Waals surface area contributed by atoms with E-state index < -0.39 is 0 Å². The van der Waals surface area contributed by atoms with Gasteiger partial charge in [-0.15, -0.1) is 0 Å². The molecule has 1 aliphatic heterocycles. The summed E-state index contributed by atoms with van der Waals surface area (Å²) >= 11 is 0. The van der Waals surface area contributed by atoms with E-state index in [0.717, 1.165) is 18.0 Å². The summed E-state index contributed by atoms with van der Waals surface area (Å²) in [5, 5.41) is 3.60. The maximum Gasteiger partial charge on any atom is 0.165 e. The zero-order valence-electron chi connectivity index (χ0n) is 11.4. The number of rotatable bonds is 6. The first-order chi connectivity index (χ1) is 8.85. The minimum Gasteiger partial charge on any atom is -0.486 e. The Kier molecular flexibility index (Phi) is 4.88. The van der Waals surface area contributed by atoms with E-state index in [4.69, 9.17) is 9.47 Å². The first-order valence-electron chi connectivity index (χ1n) is 6.96. The molecule has 0 spiro atoms. The second-order valence-electron chi connectivity index (χ2n) is 4.72. The van der Waals surface area contributed by atoms with Crippen LogP contribution in [0, 0.1) is 0 Å². The van der Waals surface area contributed by atoms with Gasteiger partial charge < -0.3 is 14.8 Å². The average molecular weight is 249 g/mol. The summed E-state index contributed by atoms with van der Waals surface area (Å²) in [5.74, 6) is 1.80. The molecule has 2 rings (SSSR count). The second kappa shape index (κ2) is 6.64. The molecule has 0 aliphatic carbocycles. The predicted molar refractivity (Wildman–Crippen MR) is 73.3 cm³/mol. The molecule has 0 radical (unpaired) electrons. The number of benzene rings is 1. The van der Waals surface area contributed by atoms with Gasteiger partial charge in [-0.3, -0.25) is 0 Å². The fourth-order valence-corrected chi connectivity index (χ4v) is 2.33. The summed E-state index contributed by atoms with van der Waals surface area (Å²) in [6.07, 6.45) is 3.61. The Bertz CT molecular complexity index is 379. The summed E-state index contributed by atoms with van der Waals surface area (Å²) in [7, 11) is 0. The Morgan fingerprint density at radius 3 is 2.83 bits per heavy atom. The minimum atomic E-state index is 0.593. The van der Waals surface area contributed by atoms with Gasteiger partial charge in [-0.2, -0.15) is 0 Å². The molecule has 0 bridgehead atoms. The van der Waals surface area contributed by atoms with Crippen LogP contribution in [0.25, 0.3) is 0 Å². The molecule has 3 heteroatoms. The van der Waals surface area contributed by atoms with E-state index in [-0.39, 0.29) is 0 Å². The predicted octanol–water partition coefficient (Wildman–Crippen LogP) is 3.13. The normalized spacial score (nSPS) is 15.4. The van der Waals surface area contributed by atoms with Gasteiger partial charge >= 0.3 is 0 Å². The zero-order valence-corrected chi connectivity index (χ0v) is 11.4. The lowest BCUT2D eigenvalue weighted by molar-refractivity contribution is 0.169. The first kappa shape index (κ1) is 13.2. The molecule has 0 aromatic heterocycles. The molecule has 0 amide bonds. The summed E-state index contributed by atoms with van der Waals surface area (Å²) in [6, 6.07) is 6.71. The van der Waals surface area contributed by atoms with Gasteiger partial charge in [-0.1, -0.05) is 32.4 Å². The van der Waals surface area contributed by atoms with Crippen LogP contribution in [-0.4, -0.2) is 19.3 Å². The highest BCUT2D eigenvalue weighted by atomic mass is 16.6. The highest BCUT2D eigenvalue weighted by Crippen LogP contribution is 2.33. The topological polar surface area (TPSA) is 30.5 Å². The van der Waals surface area contributed by atoms with Gasteiger partial charge in [-0.25, -0.2) is 0 Å². The third-order valence-electron chi connectivity index (χ3n) is 3.36. The van der Waals surface area contributed by atoms with Crippen molar-refractivity contribution in [1.29, 1.82) is 0 Å². The largest absolute Gasteiger partial charge is 0.486 e. The average Bonchev–Trinajstić information content (AvgIpc) is 2.43. The summed E-state index contributed by atoms with van der Waals surface area (Å²) in [6.45, 7) is 6.61. The van der Waals surface area contributed by atoms with Crippen LogP contribution in [0.5, 0.6) is 11.5 Å². The van der Waals surface area contributed by atoms with E-state index in [9.17, 15) is 0 Å². The number of hydrogen-bond donors (Lipinski definition) is 1. The van der Waals surface area contributed by atoms with E-state index in [1.54, 1.807) is 0 Å². The lowest BCUT2D eigenvalue weighted by Gasteiger charge is -2.22. The van der Waals surface area contributed by atoms with Crippen LogP contribution in [0.1, 0.15) is 38.7 Å². The Hall–Kier alpha value is -1.22. The smallest absolute Gasteiger partial charge is 0.165 e. The van der Waals surface area contributed by atoms with Crippen molar-refractivity contribution < 1.29 is 9.47 Å². The SMILES string of the molecule is CCCC(CC)NCc1cccc2c1OCCO2. The maximum atomic E-state index is 5.72. The monoisotopic (exact) mass is 249 g/mol. The highest BCUT2D eigenvalue weighted by molar-refractivity contribution is 5.47. The molecule has 100 valence electrons. The molecule has 1 aliphatic rings. The van der Waals surface area contributed by atoms with Crippen LogP contribution < -0.4 is 14.8 Å². The molecule has 18 heavy (non-hydrogen) atoms. The van der Waals surface area contributed by atoms with E-state index >= 15 is 0 Å². The van der Waals surface area contributed by atoms with Crippen LogP contribution in [0.15, 0.2) is 18.2 Å². The van der Waals surface area contributed by atoms with Crippen molar-refractivity contribution in [2.45, 2.75) is 45.7 Å². The number of ether oxygens (including phenoxy) is 2. The summed E-state index contributed by atoms with van der Waals surface area (Å²) < 4.78 is 11.3. The fourth-order valence-electron chi connectivity index (χ4n) is 2.33. The van der Waals surface area contributed by atoms with Crippen molar-refractivity contribution in [3.05, 3.63) is 23.8 Å². The first-order valence-corrected chi connectivity index (χ1v) is 6.96. The molecule has 0 saturated carbocycles. The molecule has 1 N–H and O–H groups in total. The van der Waals surface area contributed by atoms with Crippen molar-refractivity contribution in [3.63, 3.8) is 0 Å². The van der Waals surface area contributed by atoms with E-state index in [1.807, 2.05) is 12.1 Å². The number of fused-ring (bicyclic) bond motifs is 1. The minimum absolute atomic E-state index is 0.593. The van der Waals surface area contributed by atoms with Gasteiger partial charge in [0.2, 0.25) is 0 Å². The Labute approximate surface area is 109 Å². The van der Waals surface area contributed by atoms with E-state index in [1.165, 1.54) is 24.8 Å². The van der Waals surface area contributed by atoms with Crippen LogP contribution in [0.4, 0.5) is 0 Å². The van der Waals surface area contributed by atoms with Gasteiger partial charge in [-0.05, 0) is 18.9 Å². The maximum absolute atomic E-state index is 5.72. The lowest BCUT2D eigenvalue weighted by atomic mass is 10.1. The molecule has 1 unspecified atom stereocenters. The Morgan fingerprint density at radius 1 is 1.22 bits per heavy atom. The number of para-hydroxylation sites is 1. The molecule has 0 saturated heterocycles. The zero-order chi connectivity index (χ0) is 12.8. The van der Waals surface area contributed by atoms with Gasteiger partial charge in [0.25, 0.3) is 0 Å². The molecule has 1 aromatic rings. The molecular formula is C15H23NO2. The van der Waals surface area contributed by atoms with Gasteiger partial charge in [0.15, 0.2) is 11.5 Å². The van der Waals surface area contributed by atoms with Crippen molar-refractivity contribution in [1.82, 2.24) is 5.32 Å². The van der Waals surface area contributed by atoms with Crippen LogP contribution >= 0.6 is 0 Å². The van der Waals surface area contributed by atoms with Crippen LogP contribution in [-0.2, 0) is 6.54 Å². The quantitative estimate of drug-likeness (QED) is 0.840. The van der Waals surface area contributed by atoms with Crippen molar-refractivity contribution in [3.8, 4) is 11.5 Å². The van der Waals surface area contributed by atoms with Gasteiger partial charge in [0.1, 0.15) is 13.2 Å². The van der Waals surface area contributed by atoms with Crippen molar-refractivity contribution in [2.75, 3.05) is 13.2 Å². The lowest BCUT2D eigenvalue weighted by Crippen LogP contribution is -2.28. The summed E-state index contributed by atoms with van der Waals surface area (Å²) in [5.41, 5.74) is 1.20. The van der Waals surface area contributed by atoms with Gasteiger partial charge in [0, 0.05) is 18.2 Å². The fraction of sp³-hybridized carbons (Fsp3) is 0.600. The van der Waals surface area contributed by atoms with Crippen molar-refractivity contribution >= 4 is 0 Å². The van der Waals surface area contributed by atoms with Crippen molar-refractivity contribution in [2.24, 2.45) is 0 Å². The Morgan fingerprint density at radius 2 is 2.06 bits per heavy atom. The number of hydrogen-bond acceptors (Lipinski definition) is 3. The standard InChI is InChI=1S/C15H23NO2/c1-3-6-13(4-2)16-11-12-7-5-8-14-15(12)18-10-9-17-14/h5,7-8,13,16H,3-4,6,9-11H2,1-2H3.